The first-order chi connectivity index (χ1) is 7.16. The van der Waals surface area contributed by atoms with Crippen LogP contribution in [0.1, 0.15) is 16.1 Å². The van der Waals surface area contributed by atoms with Crippen LogP contribution in [0.5, 0.6) is 0 Å². The van der Waals surface area contributed by atoms with Gasteiger partial charge in [-0.3, -0.25) is 0 Å². The Balaban J connectivity index is 2.45. The fourth-order valence-corrected chi connectivity index (χ4v) is 1.23. The van der Waals surface area contributed by atoms with E-state index in [2.05, 4.69) is 10.1 Å². The lowest BCUT2D eigenvalue weighted by Gasteiger charge is -2.01. The highest BCUT2D eigenvalue weighted by molar-refractivity contribution is 5.85. The van der Waals surface area contributed by atoms with Gasteiger partial charge in [0.15, 0.2) is 0 Å². The topological polar surface area (TPSA) is 68.0 Å². The maximum absolute atomic E-state index is 10.7. The Kier molecular flexibility index (Phi) is 2.21. The minimum atomic E-state index is -1.04. The molecule has 0 amide bonds. The number of aryl methyl sites for hydroxylation is 1. The summed E-state index contributed by atoms with van der Waals surface area (Å²) in [6.45, 7) is 1.92. The molecule has 2 rings (SSSR count). The van der Waals surface area contributed by atoms with E-state index in [1.807, 2.05) is 13.1 Å². The standard InChI is InChI=1S/C10H9N3O2/c1-7-5-12-13(6-7)8-2-3-11-9(4-8)10(14)15/h2-6H,1H3,(H,14,15). The summed E-state index contributed by atoms with van der Waals surface area (Å²) in [5, 5.41) is 12.9. The molecule has 0 aliphatic heterocycles. The predicted octanol–water partition coefficient (Wildman–Crippen LogP) is 1.27. The van der Waals surface area contributed by atoms with Gasteiger partial charge in [-0.05, 0) is 24.6 Å². The van der Waals surface area contributed by atoms with Crippen molar-refractivity contribution in [1.82, 2.24) is 14.8 Å². The molecule has 5 heteroatoms. The molecule has 0 unspecified atom stereocenters. The normalized spacial score (nSPS) is 10.2. The van der Waals surface area contributed by atoms with Gasteiger partial charge < -0.3 is 5.11 Å². The van der Waals surface area contributed by atoms with E-state index in [0.29, 0.717) is 5.69 Å². The fourth-order valence-electron chi connectivity index (χ4n) is 1.23. The van der Waals surface area contributed by atoms with Crippen LogP contribution in [0.15, 0.2) is 30.7 Å². The Morgan fingerprint density at radius 1 is 1.53 bits per heavy atom. The molecular weight excluding hydrogens is 194 g/mol. The van der Waals surface area contributed by atoms with Gasteiger partial charge in [-0.2, -0.15) is 5.10 Å². The van der Waals surface area contributed by atoms with Crippen LogP contribution in [0.2, 0.25) is 0 Å². The molecule has 0 aromatic carbocycles. The van der Waals surface area contributed by atoms with Crippen LogP contribution in [-0.2, 0) is 0 Å². The van der Waals surface area contributed by atoms with E-state index in [0.717, 1.165) is 5.56 Å². The number of pyridine rings is 1. The van der Waals surface area contributed by atoms with Crippen LogP contribution in [-0.4, -0.2) is 25.8 Å². The number of hydrogen-bond donors (Lipinski definition) is 1. The van der Waals surface area contributed by atoms with Crippen molar-refractivity contribution in [2.75, 3.05) is 0 Å². The lowest BCUT2D eigenvalue weighted by atomic mass is 10.3. The number of carboxylic acid groups (broad SMARTS) is 1. The highest BCUT2D eigenvalue weighted by atomic mass is 16.4. The molecule has 2 heterocycles. The zero-order valence-corrected chi connectivity index (χ0v) is 8.08. The third kappa shape index (κ3) is 1.85. The van der Waals surface area contributed by atoms with Gasteiger partial charge in [-0.25, -0.2) is 14.5 Å². The molecular formula is C10H9N3O2. The minimum Gasteiger partial charge on any atom is -0.477 e. The zero-order valence-electron chi connectivity index (χ0n) is 8.08. The lowest BCUT2D eigenvalue weighted by molar-refractivity contribution is 0.0690. The molecule has 76 valence electrons. The van der Waals surface area contributed by atoms with E-state index in [9.17, 15) is 4.79 Å². The van der Waals surface area contributed by atoms with Gasteiger partial charge in [-0.15, -0.1) is 0 Å². The average Bonchev–Trinajstić information content (AvgIpc) is 2.65. The number of aromatic nitrogens is 3. The molecule has 0 aliphatic rings. The fraction of sp³-hybridized carbons (Fsp3) is 0.100. The summed E-state index contributed by atoms with van der Waals surface area (Å²) in [4.78, 5) is 14.4. The van der Waals surface area contributed by atoms with Crippen LogP contribution >= 0.6 is 0 Å². The van der Waals surface area contributed by atoms with Crippen LogP contribution in [0.3, 0.4) is 0 Å². The molecule has 0 fully saturated rings. The van der Waals surface area contributed by atoms with Crippen molar-refractivity contribution in [2.24, 2.45) is 0 Å². The molecule has 2 aromatic rings. The number of aromatic carboxylic acids is 1. The molecule has 0 aliphatic carbocycles. The second-order valence-electron chi connectivity index (χ2n) is 3.17. The summed E-state index contributed by atoms with van der Waals surface area (Å²) in [5.74, 6) is -1.04. The second kappa shape index (κ2) is 3.53. The largest absolute Gasteiger partial charge is 0.477 e. The van der Waals surface area contributed by atoms with E-state index in [4.69, 9.17) is 5.11 Å². The van der Waals surface area contributed by atoms with Crippen LogP contribution < -0.4 is 0 Å². The third-order valence-electron chi connectivity index (χ3n) is 1.94. The van der Waals surface area contributed by atoms with Crippen molar-refractivity contribution in [1.29, 1.82) is 0 Å². The van der Waals surface area contributed by atoms with Crippen LogP contribution in [0.4, 0.5) is 0 Å². The van der Waals surface area contributed by atoms with Gasteiger partial charge in [0.25, 0.3) is 0 Å². The Bertz CT molecular complexity index is 505. The summed E-state index contributed by atoms with van der Waals surface area (Å²) < 4.78 is 1.61. The number of carbonyl (C=O) groups is 1. The third-order valence-corrected chi connectivity index (χ3v) is 1.94. The molecule has 5 nitrogen and oxygen atoms in total. The van der Waals surface area contributed by atoms with E-state index in [1.165, 1.54) is 12.3 Å². The summed E-state index contributed by atoms with van der Waals surface area (Å²) in [5.41, 5.74) is 1.72. The number of nitrogens with zero attached hydrogens (tertiary/aromatic N) is 3. The summed E-state index contributed by atoms with van der Waals surface area (Å²) in [6, 6.07) is 3.19. The number of carboxylic acids is 1. The van der Waals surface area contributed by atoms with Crippen molar-refractivity contribution in [3.8, 4) is 5.69 Å². The summed E-state index contributed by atoms with van der Waals surface area (Å²) in [7, 11) is 0. The van der Waals surface area contributed by atoms with Crippen molar-refractivity contribution < 1.29 is 9.90 Å². The summed E-state index contributed by atoms with van der Waals surface area (Å²) in [6.07, 6.45) is 4.98. The quantitative estimate of drug-likeness (QED) is 0.798. The lowest BCUT2D eigenvalue weighted by Crippen LogP contribution is -2.02. The Labute approximate surface area is 86.0 Å². The van der Waals surface area contributed by atoms with Gasteiger partial charge in [0.2, 0.25) is 0 Å². The van der Waals surface area contributed by atoms with Gasteiger partial charge >= 0.3 is 5.97 Å². The monoisotopic (exact) mass is 203 g/mol. The molecule has 1 N–H and O–H groups in total. The molecule has 0 bridgehead atoms. The maximum Gasteiger partial charge on any atom is 0.354 e. The van der Waals surface area contributed by atoms with Crippen molar-refractivity contribution in [3.05, 3.63) is 42.0 Å². The Morgan fingerprint density at radius 3 is 2.93 bits per heavy atom. The first-order valence-corrected chi connectivity index (χ1v) is 4.38. The van der Waals surface area contributed by atoms with E-state index in [-0.39, 0.29) is 5.69 Å². The van der Waals surface area contributed by atoms with E-state index in [1.54, 1.807) is 16.9 Å². The predicted molar refractivity (Wildman–Crippen MR) is 53.1 cm³/mol. The smallest absolute Gasteiger partial charge is 0.354 e. The number of hydrogen-bond acceptors (Lipinski definition) is 3. The van der Waals surface area contributed by atoms with Crippen LogP contribution in [0.25, 0.3) is 5.69 Å². The first-order valence-electron chi connectivity index (χ1n) is 4.38. The summed E-state index contributed by atoms with van der Waals surface area (Å²) >= 11 is 0. The highest BCUT2D eigenvalue weighted by Crippen LogP contribution is 2.08. The molecule has 0 saturated carbocycles. The van der Waals surface area contributed by atoms with Crippen molar-refractivity contribution in [3.63, 3.8) is 0 Å². The van der Waals surface area contributed by atoms with Gasteiger partial charge in [0.1, 0.15) is 5.69 Å². The van der Waals surface area contributed by atoms with Gasteiger partial charge in [0, 0.05) is 12.4 Å². The highest BCUT2D eigenvalue weighted by Gasteiger charge is 2.06. The first kappa shape index (κ1) is 9.39. The zero-order chi connectivity index (χ0) is 10.8. The number of rotatable bonds is 2. The average molecular weight is 203 g/mol. The molecule has 15 heavy (non-hydrogen) atoms. The van der Waals surface area contributed by atoms with Crippen molar-refractivity contribution in [2.45, 2.75) is 6.92 Å². The molecule has 0 atom stereocenters. The van der Waals surface area contributed by atoms with Gasteiger partial charge in [-0.1, -0.05) is 0 Å². The Hall–Kier alpha value is -2.17. The molecule has 0 saturated heterocycles. The SMILES string of the molecule is Cc1cnn(-c2ccnc(C(=O)O)c2)c1. The minimum absolute atomic E-state index is 0.0145. The Morgan fingerprint density at radius 2 is 2.33 bits per heavy atom. The molecule has 0 radical (unpaired) electrons. The van der Waals surface area contributed by atoms with E-state index < -0.39 is 5.97 Å². The molecule has 0 spiro atoms. The van der Waals surface area contributed by atoms with Crippen LogP contribution in [0, 0.1) is 6.92 Å². The second-order valence-corrected chi connectivity index (χ2v) is 3.17. The molecule has 2 aromatic heterocycles. The maximum atomic E-state index is 10.7. The van der Waals surface area contributed by atoms with E-state index >= 15 is 0 Å². The van der Waals surface area contributed by atoms with Gasteiger partial charge in [0.05, 0.1) is 11.9 Å². The van der Waals surface area contributed by atoms with Crippen molar-refractivity contribution >= 4 is 5.97 Å².